The predicted molar refractivity (Wildman–Crippen MR) is 60.1 cm³/mol. The Labute approximate surface area is 95.0 Å². The molecular formula is C10H12ClNOSe. The van der Waals surface area contributed by atoms with Crippen LogP contribution in [0.5, 0.6) is 0 Å². The van der Waals surface area contributed by atoms with E-state index in [9.17, 15) is 4.79 Å². The van der Waals surface area contributed by atoms with Crippen molar-refractivity contribution in [3.63, 3.8) is 0 Å². The van der Waals surface area contributed by atoms with Crippen LogP contribution in [-0.2, 0) is 4.79 Å². The van der Waals surface area contributed by atoms with Gasteiger partial charge in [-0.15, -0.1) is 0 Å². The van der Waals surface area contributed by atoms with Crippen molar-refractivity contribution in [2.45, 2.75) is 17.1 Å². The monoisotopic (exact) mass is 277 g/mol. The Kier molecular flexibility index (Phi) is 3.99. The molecule has 1 unspecified atom stereocenters. The van der Waals surface area contributed by atoms with Gasteiger partial charge in [-0.3, -0.25) is 0 Å². The fourth-order valence-corrected chi connectivity index (χ4v) is 3.04. The first-order chi connectivity index (χ1) is 6.52. The van der Waals surface area contributed by atoms with Gasteiger partial charge in [0, 0.05) is 0 Å². The molecule has 0 aromatic heterocycles. The molecule has 14 heavy (non-hydrogen) atoms. The van der Waals surface area contributed by atoms with Crippen molar-refractivity contribution in [3.8, 4) is 0 Å². The van der Waals surface area contributed by atoms with E-state index in [-0.39, 0.29) is 15.0 Å². The minimum absolute atomic E-state index is 0.201. The Bertz CT molecular complexity index is 313. The van der Waals surface area contributed by atoms with Crippen LogP contribution < -0.4 is 10.2 Å². The van der Waals surface area contributed by atoms with Crippen LogP contribution in [0.1, 0.15) is 6.92 Å². The number of rotatable bonds is 4. The first-order valence-electron chi connectivity index (χ1n) is 4.19. The number of carbonyl (C=O) groups excluding carboxylic acids is 1. The molecule has 0 aliphatic rings. The molecule has 0 aliphatic heterocycles. The van der Waals surface area contributed by atoms with E-state index in [0.29, 0.717) is 5.32 Å². The molecule has 0 heterocycles. The summed E-state index contributed by atoms with van der Waals surface area (Å²) in [5.74, 6) is -0.447. The number of primary amides is 1. The van der Waals surface area contributed by atoms with E-state index in [4.69, 9.17) is 17.3 Å². The van der Waals surface area contributed by atoms with E-state index in [1.807, 2.05) is 30.3 Å². The van der Waals surface area contributed by atoms with Crippen LogP contribution in [0.2, 0.25) is 5.32 Å². The third kappa shape index (κ3) is 3.33. The molecular weight excluding hydrogens is 265 g/mol. The van der Waals surface area contributed by atoms with E-state index < -0.39 is 10.8 Å². The molecule has 0 aliphatic carbocycles. The molecule has 1 atom stereocenters. The summed E-state index contributed by atoms with van der Waals surface area (Å²) in [6, 6.07) is 10.00. The normalized spacial score (nSPS) is 14.7. The summed E-state index contributed by atoms with van der Waals surface area (Å²) in [6.45, 7) is 1.67. The zero-order valence-electron chi connectivity index (χ0n) is 7.87. The molecule has 1 rings (SSSR count). The van der Waals surface area contributed by atoms with Gasteiger partial charge in [0.1, 0.15) is 0 Å². The molecule has 1 amide bonds. The van der Waals surface area contributed by atoms with Gasteiger partial charge in [0.2, 0.25) is 0 Å². The number of amides is 1. The molecule has 1 aromatic rings. The molecule has 1 aromatic carbocycles. The molecule has 0 saturated heterocycles. The van der Waals surface area contributed by atoms with Gasteiger partial charge in [0.15, 0.2) is 0 Å². The number of alkyl halides is 1. The van der Waals surface area contributed by atoms with E-state index >= 15 is 0 Å². The number of halogens is 1. The summed E-state index contributed by atoms with van der Waals surface area (Å²) in [5.41, 5.74) is 5.17. The van der Waals surface area contributed by atoms with E-state index in [1.54, 1.807) is 6.92 Å². The van der Waals surface area contributed by atoms with Crippen molar-refractivity contribution in [2.24, 2.45) is 5.73 Å². The zero-order chi connectivity index (χ0) is 10.6. The van der Waals surface area contributed by atoms with Gasteiger partial charge in [0.25, 0.3) is 0 Å². The summed E-state index contributed by atoms with van der Waals surface area (Å²) in [4.78, 5) is 10.0. The average Bonchev–Trinajstić information content (AvgIpc) is 2.16. The van der Waals surface area contributed by atoms with Gasteiger partial charge < -0.3 is 0 Å². The van der Waals surface area contributed by atoms with Crippen LogP contribution in [0, 0.1) is 0 Å². The summed E-state index contributed by atoms with van der Waals surface area (Å²) in [6.07, 6.45) is 0. The maximum absolute atomic E-state index is 10.9. The zero-order valence-corrected chi connectivity index (χ0v) is 10.3. The standard InChI is InChI=1S/C10H12ClNOSe/c1-10(11,9(12)13)7-14-8-5-3-2-4-6-8/h2-6H,7H2,1H3,(H2,12,13). The number of benzene rings is 1. The van der Waals surface area contributed by atoms with Crippen LogP contribution in [0.25, 0.3) is 0 Å². The molecule has 2 N–H and O–H groups in total. The van der Waals surface area contributed by atoms with Crippen molar-refractivity contribution in [2.75, 3.05) is 0 Å². The number of hydrogen-bond donors (Lipinski definition) is 1. The second-order valence-corrected chi connectivity index (χ2v) is 6.20. The van der Waals surface area contributed by atoms with Crippen molar-refractivity contribution >= 4 is 36.9 Å². The quantitative estimate of drug-likeness (QED) is 0.645. The maximum atomic E-state index is 10.9. The molecule has 0 saturated carbocycles. The summed E-state index contributed by atoms with van der Waals surface area (Å²) in [5, 5.41) is 0.626. The Morgan fingerprint density at radius 2 is 2.07 bits per heavy atom. The molecule has 2 nitrogen and oxygen atoms in total. The van der Waals surface area contributed by atoms with E-state index in [0.717, 1.165) is 0 Å². The molecule has 0 bridgehead atoms. The van der Waals surface area contributed by atoms with Gasteiger partial charge >= 0.3 is 94.9 Å². The number of hydrogen-bond acceptors (Lipinski definition) is 1. The molecule has 0 fully saturated rings. The van der Waals surface area contributed by atoms with Crippen LogP contribution >= 0.6 is 11.6 Å². The van der Waals surface area contributed by atoms with Crippen molar-refractivity contribution in [1.82, 2.24) is 0 Å². The first kappa shape index (κ1) is 11.6. The number of nitrogens with two attached hydrogens (primary N) is 1. The Morgan fingerprint density at radius 3 is 2.57 bits per heavy atom. The Morgan fingerprint density at radius 1 is 1.50 bits per heavy atom. The van der Waals surface area contributed by atoms with Crippen molar-refractivity contribution < 1.29 is 4.79 Å². The van der Waals surface area contributed by atoms with Gasteiger partial charge in [-0.25, -0.2) is 0 Å². The predicted octanol–water partition coefficient (Wildman–Crippen LogP) is 0.917. The fraction of sp³-hybridized carbons (Fsp3) is 0.300. The fourth-order valence-electron chi connectivity index (χ4n) is 0.807. The van der Waals surface area contributed by atoms with Gasteiger partial charge in [-0.1, -0.05) is 0 Å². The first-order valence-corrected chi connectivity index (χ1v) is 6.63. The number of carbonyl (C=O) groups is 1. The Hall–Kier alpha value is -0.501. The average molecular weight is 277 g/mol. The van der Waals surface area contributed by atoms with Crippen LogP contribution in [0.4, 0.5) is 0 Å². The minimum atomic E-state index is -0.907. The summed E-state index contributed by atoms with van der Waals surface area (Å²) in [7, 11) is 0. The summed E-state index contributed by atoms with van der Waals surface area (Å²) < 4.78 is 1.23. The molecule has 76 valence electrons. The topological polar surface area (TPSA) is 43.1 Å². The van der Waals surface area contributed by atoms with Crippen molar-refractivity contribution in [3.05, 3.63) is 30.3 Å². The van der Waals surface area contributed by atoms with Crippen molar-refractivity contribution in [1.29, 1.82) is 0 Å². The molecule has 0 radical (unpaired) electrons. The van der Waals surface area contributed by atoms with Crippen LogP contribution in [0.3, 0.4) is 0 Å². The van der Waals surface area contributed by atoms with Gasteiger partial charge in [-0.2, -0.15) is 0 Å². The van der Waals surface area contributed by atoms with E-state index in [2.05, 4.69) is 0 Å². The second-order valence-electron chi connectivity index (χ2n) is 3.16. The molecule has 4 heteroatoms. The van der Waals surface area contributed by atoms with E-state index in [1.165, 1.54) is 4.46 Å². The molecule has 0 spiro atoms. The van der Waals surface area contributed by atoms with Crippen LogP contribution in [-0.4, -0.2) is 25.7 Å². The van der Waals surface area contributed by atoms with Gasteiger partial charge in [-0.05, 0) is 0 Å². The SMILES string of the molecule is CC(Cl)(C[Se]c1ccccc1)C(N)=O. The van der Waals surface area contributed by atoms with Gasteiger partial charge in [0.05, 0.1) is 0 Å². The third-order valence-corrected chi connectivity index (χ3v) is 5.23. The second kappa shape index (κ2) is 4.83. The Balaban J connectivity index is 2.53. The third-order valence-electron chi connectivity index (χ3n) is 1.77. The van der Waals surface area contributed by atoms with Crippen LogP contribution in [0.15, 0.2) is 30.3 Å². The summed E-state index contributed by atoms with van der Waals surface area (Å²) >= 11 is 6.16.